The van der Waals surface area contributed by atoms with Crippen molar-refractivity contribution in [3.05, 3.63) is 46.5 Å². The van der Waals surface area contributed by atoms with E-state index in [0.29, 0.717) is 23.4 Å². The summed E-state index contributed by atoms with van der Waals surface area (Å²) in [6, 6.07) is 6.77. The Bertz CT molecular complexity index is 622. The van der Waals surface area contributed by atoms with Crippen LogP contribution in [0.1, 0.15) is 20.8 Å². The van der Waals surface area contributed by atoms with Gasteiger partial charge in [0.15, 0.2) is 5.13 Å². The summed E-state index contributed by atoms with van der Waals surface area (Å²) in [6.07, 6.45) is -3.56. The maximum Gasteiger partial charge on any atom is 0.427 e. The molecule has 0 fully saturated rings. The van der Waals surface area contributed by atoms with E-state index in [4.69, 9.17) is 0 Å². The minimum atomic E-state index is -4.37. The molecule has 1 aromatic heterocycles. The Morgan fingerprint density at radius 3 is 2.48 bits per heavy atom. The van der Waals surface area contributed by atoms with Crippen LogP contribution >= 0.6 is 11.3 Å². The van der Waals surface area contributed by atoms with Crippen LogP contribution < -0.4 is 10.6 Å². The van der Waals surface area contributed by atoms with Gasteiger partial charge in [0.1, 0.15) is 4.88 Å². The third-order valence-electron chi connectivity index (χ3n) is 2.67. The maximum absolute atomic E-state index is 12.4. The van der Waals surface area contributed by atoms with E-state index >= 15 is 0 Å². The number of hydrogen-bond acceptors (Lipinski definition) is 4. The summed E-state index contributed by atoms with van der Waals surface area (Å²) >= 11 is 0.559. The molecule has 0 aliphatic rings. The summed E-state index contributed by atoms with van der Waals surface area (Å²) in [5.41, 5.74) is 1.36. The van der Waals surface area contributed by atoms with Gasteiger partial charge in [0, 0.05) is 19.2 Å². The van der Waals surface area contributed by atoms with Crippen LogP contribution in [-0.4, -0.2) is 17.9 Å². The zero-order chi connectivity index (χ0) is 15.5. The van der Waals surface area contributed by atoms with E-state index in [0.717, 1.165) is 11.8 Å². The lowest BCUT2D eigenvalue weighted by Crippen LogP contribution is -2.17. The first kappa shape index (κ1) is 15.3. The fraction of sp³-hybridized carbons (Fsp3) is 0.231. The van der Waals surface area contributed by atoms with Gasteiger partial charge in [-0.1, -0.05) is 23.5 Å². The molecule has 0 radical (unpaired) electrons. The number of halogens is 3. The first-order valence-electron chi connectivity index (χ1n) is 5.98. The number of aromatic nitrogens is 1. The minimum absolute atomic E-state index is 0.191. The molecule has 1 aromatic carbocycles. The zero-order valence-electron chi connectivity index (χ0n) is 11.0. The van der Waals surface area contributed by atoms with Crippen LogP contribution in [0.3, 0.4) is 0 Å². The van der Waals surface area contributed by atoms with Gasteiger partial charge in [0.05, 0.1) is 6.20 Å². The molecule has 0 aliphatic heterocycles. The van der Waals surface area contributed by atoms with Crippen molar-refractivity contribution in [2.75, 3.05) is 12.4 Å². The minimum Gasteiger partial charge on any atom is -0.357 e. The summed E-state index contributed by atoms with van der Waals surface area (Å²) in [7, 11) is 1.54. The largest absolute Gasteiger partial charge is 0.427 e. The van der Waals surface area contributed by atoms with Gasteiger partial charge in [-0.3, -0.25) is 4.79 Å². The van der Waals surface area contributed by atoms with Crippen molar-refractivity contribution in [1.82, 2.24) is 10.3 Å². The highest BCUT2D eigenvalue weighted by Gasteiger charge is 2.33. The molecule has 0 atom stereocenters. The van der Waals surface area contributed by atoms with Crippen LogP contribution in [0.2, 0.25) is 0 Å². The Morgan fingerprint density at radius 2 is 1.95 bits per heavy atom. The van der Waals surface area contributed by atoms with E-state index in [1.54, 1.807) is 31.3 Å². The van der Waals surface area contributed by atoms with Gasteiger partial charge in [-0.15, -0.1) is 0 Å². The lowest BCUT2D eigenvalue weighted by atomic mass is 10.1. The Hall–Kier alpha value is -2.09. The van der Waals surface area contributed by atoms with Gasteiger partial charge in [0.25, 0.3) is 5.91 Å². The molecule has 0 bridgehead atoms. The molecule has 0 aliphatic carbocycles. The summed E-state index contributed by atoms with van der Waals surface area (Å²) in [4.78, 5) is 14.3. The number of benzene rings is 1. The van der Waals surface area contributed by atoms with Crippen LogP contribution in [0, 0.1) is 0 Å². The average molecular weight is 315 g/mol. The molecule has 1 amide bonds. The van der Waals surface area contributed by atoms with Crippen LogP contribution in [0.4, 0.5) is 18.3 Å². The quantitative estimate of drug-likeness (QED) is 0.911. The third kappa shape index (κ3) is 3.94. The summed E-state index contributed by atoms with van der Waals surface area (Å²) in [6.45, 7) is 0.332. The number of alkyl halides is 3. The van der Waals surface area contributed by atoms with Crippen molar-refractivity contribution in [1.29, 1.82) is 0 Å². The molecule has 2 N–H and O–H groups in total. The molecule has 8 heteroatoms. The Morgan fingerprint density at radius 1 is 1.29 bits per heavy atom. The second-order valence-electron chi connectivity index (χ2n) is 4.16. The number of hydrogen-bond donors (Lipinski definition) is 2. The molecule has 2 rings (SSSR count). The number of nitrogens with zero attached hydrogens (tertiary/aromatic N) is 1. The van der Waals surface area contributed by atoms with Gasteiger partial charge >= 0.3 is 6.18 Å². The Balaban J connectivity index is 1.97. The van der Waals surface area contributed by atoms with Gasteiger partial charge in [-0.05, 0) is 17.7 Å². The predicted molar refractivity (Wildman–Crippen MR) is 74.3 cm³/mol. The molecule has 4 nitrogen and oxygen atoms in total. The second kappa shape index (κ2) is 6.13. The topological polar surface area (TPSA) is 54.0 Å². The van der Waals surface area contributed by atoms with Crippen LogP contribution in [-0.2, 0) is 12.7 Å². The van der Waals surface area contributed by atoms with E-state index in [-0.39, 0.29) is 11.0 Å². The first-order valence-corrected chi connectivity index (χ1v) is 6.79. The Kier molecular flexibility index (Phi) is 4.46. The first-order chi connectivity index (χ1) is 9.90. The number of carbonyl (C=O) groups is 1. The highest BCUT2D eigenvalue weighted by Crippen LogP contribution is 2.35. The van der Waals surface area contributed by atoms with Crippen LogP contribution in [0.5, 0.6) is 0 Å². The molecule has 2 aromatic rings. The monoisotopic (exact) mass is 315 g/mol. The van der Waals surface area contributed by atoms with Crippen molar-refractivity contribution in [3.8, 4) is 0 Å². The fourth-order valence-corrected chi connectivity index (χ4v) is 2.26. The normalized spacial score (nSPS) is 11.2. The standard InChI is InChI=1S/C13H12F3N3OS/c1-17-11(20)9-4-2-8(3-5-9)6-18-12-19-7-10(21-12)13(14,15)16/h2-5,7H,6H2,1H3,(H,17,20)(H,18,19). The van der Waals surface area contributed by atoms with Crippen LogP contribution in [0.25, 0.3) is 0 Å². The molecular weight excluding hydrogens is 303 g/mol. The molecule has 21 heavy (non-hydrogen) atoms. The van der Waals surface area contributed by atoms with E-state index in [1.807, 2.05) is 0 Å². The second-order valence-corrected chi connectivity index (χ2v) is 5.19. The van der Waals surface area contributed by atoms with Gasteiger partial charge in [-0.2, -0.15) is 13.2 Å². The number of amides is 1. The molecule has 112 valence electrons. The molecule has 0 unspecified atom stereocenters. The van der Waals surface area contributed by atoms with Gasteiger partial charge < -0.3 is 10.6 Å². The number of rotatable bonds is 4. The molecule has 0 spiro atoms. The van der Waals surface area contributed by atoms with Crippen molar-refractivity contribution in [2.24, 2.45) is 0 Å². The van der Waals surface area contributed by atoms with Gasteiger partial charge in [0.2, 0.25) is 0 Å². The number of thiazole rings is 1. The van der Waals surface area contributed by atoms with Crippen molar-refractivity contribution in [3.63, 3.8) is 0 Å². The number of anilines is 1. The Labute approximate surface area is 123 Å². The van der Waals surface area contributed by atoms with Crippen LogP contribution in [0.15, 0.2) is 30.5 Å². The predicted octanol–water partition coefficient (Wildman–Crippen LogP) is 3.13. The number of carbonyl (C=O) groups excluding carboxylic acids is 1. The lowest BCUT2D eigenvalue weighted by Gasteiger charge is -2.05. The number of nitrogens with one attached hydrogen (secondary N) is 2. The maximum atomic E-state index is 12.4. The average Bonchev–Trinajstić information content (AvgIpc) is 2.94. The molecule has 0 saturated heterocycles. The van der Waals surface area contributed by atoms with Crippen molar-refractivity contribution < 1.29 is 18.0 Å². The smallest absolute Gasteiger partial charge is 0.357 e. The molecule has 0 saturated carbocycles. The van der Waals surface area contributed by atoms with Gasteiger partial charge in [-0.25, -0.2) is 4.98 Å². The van der Waals surface area contributed by atoms with E-state index in [9.17, 15) is 18.0 Å². The van der Waals surface area contributed by atoms with Crippen molar-refractivity contribution in [2.45, 2.75) is 12.7 Å². The molecular formula is C13H12F3N3OS. The highest BCUT2D eigenvalue weighted by molar-refractivity contribution is 7.15. The lowest BCUT2D eigenvalue weighted by molar-refractivity contribution is -0.134. The van der Waals surface area contributed by atoms with E-state index in [2.05, 4.69) is 15.6 Å². The summed E-state index contributed by atoms with van der Waals surface area (Å²) in [5.74, 6) is -0.191. The SMILES string of the molecule is CNC(=O)c1ccc(CNc2ncc(C(F)(F)F)s2)cc1. The zero-order valence-corrected chi connectivity index (χ0v) is 11.8. The molecule has 1 heterocycles. The van der Waals surface area contributed by atoms with Crippen molar-refractivity contribution >= 4 is 22.4 Å². The van der Waals surface area contributed by atoms with E-state index in [1.165, 1.54) is 0 Å². The fourth-order valence-electron chi connectivity index (χ4n) is 1.58. The van der Waals surface area contributed by atoms with E-state index < -0.39 is 11.1 Å². The summed E-state index contributed by atoms with van der Waals surface area (Å²) < 4.78 is 37.3. The highest BCUT2D eigenvalue weighted by atomic mass is 32.1. The third-order valence-corrected chi connectivity index (χ3v) is 3.67. The summed E-state index contributed by atoms with van der Waals surface area (Å²) in [5, 5.41) is 5.54.